The zero-order chi connectivity index (χ0) is 11.3. The first-order chi connectivity index (χ1) is 7.18. The van der Waals surface area contributed by atoms with E-state index in [0.717, 1.165) is 19.3 Å². The Balaban J connectivity index is 3.10. The van der Waals surface area contributed by atoms with Crippen LogP contribution in [-0.2, 0) is 11.8 Å². The highest BCUT2D eigenvalue weighted by atomic mass is 16.3. The van der Waals surface area contributed by atoms with Gasteiger partial charge in [0.1, 0.15) is 0 Å². The fraction of sp³-hybridized carbons (Fsp3) is 0.571. The molecule has 0 amide bonds. The van der Waals surface area contributed by atoms with Crippen LogP contribution in [0.1, 0.15) is 44.7 Å². The third-order valence-electron chi connectivity index (χ3n) is 3.49. The van der Waals surface area contributed by atoms with Gasteiger partial charge >= 0.3 is 0 Å². The standard InChI is InChI=1S/C14H22O/c1-4-12-8-6-7-9-13(12)14(3,5-2)10-11-15/h6-9,15H,4-5,10-11H2,1-3H3. The Hall–Kier alpha value is -0.820. The molecule has 1 heteroatoms. The Labute approximate surface area is 93.1 Å². The molecule has 0 aliphatic rings. The highest BCUT2D eigenvalue weighted by Gasteiger charge is 2.25. The van der Waals surface area contributed by atoms with Crippen LogP contribution >= 0.6 is 0 Å². The monoisotopic (exact) mass is 206 g/mol. The minimum atomic E-state index is 0.126. The van der Waals surface area contributed by atoms with Crippen molar-refractivity contribution in [2.75, 3.05) is 6.61 Å². The maximum absolute atomic E-state index is 9.16. The molecular formula is C14H22O. The average Bonchev–Trinajstić information content (AvgIpc) is 2.29. The molecule has 0 aromatic heterocycles. The van der Waals surface area contributed by atoms with Crippen molar-refractivity contribution in [1.29, 1.82) is 0 Å². The molecule has 84 valence electrons. The van der Waals surface area contributed by atoms with Crippen molar-refractivity contribution in [3.05, 3.63) is 35.4 Å². The molecule has 0 saturated heterocycles. The number of hydrogen-bond acceptors (Lipinski definition) is 1. The SMILES string of the molecule is CCc1ccccc1C(C)(CC)CCO. The Kier molecular flexibility index (Phi) is 4.34. The molecule has 1 unspecified atom stereocenters. The van der Waals surface area contributed by atoms with E-state index in [-0.39, 0.29) is 12.0 Å². The van der Waals surface area contributed by atoms with Gasteiger partial charge in [0.05, 0.1) is 0 Å². The summed E-state index contributed by atoms with van der Waals surface area (Å²) in [6.45, 7) is 6.90. The van der Waals surface area contributed by atoms with E-state index in [1.165, 1.54) is 11.1 Å². The smallest absolute Gasteiger partial charge is 0.0439 e. The quantitative estimate of drug-likeness (QED) is 0.783. The van der Waals surface area contributed by atoms with E-state index >= 15 is 0 Å². The second kappa shape index (κ2) is 5.32. The highest BCUT2D eigenvalue weighted by Crippen LogP contribution is 2.33. The minimum Gasteiger partial charge on any atom is -0.396 e. The molecule has 1 N–H and O–H groups in total. The predicted octanol–water partition coefficient (Wildman–Crippen LogP) is 3.30. The van der Waals surface area contributed by atoms with Crippen LogP contribution in [0.4, 0.5) is 0 Å². The van der Waals surface area contributed by atoms with Gasteiger partial charge in [0.15, 0.2) is 0 Å². The molecule has 0 bridgehead atoms. The summed E-state index contributed by atoms with van der Waals surface area (Å²) in [6, 6.07) is 8.59. The van der Waals surface area contributed by atoms with Gasteiger partial charge in [0.25, 0.3) is 0 Å². The highest BCUT2D eigenvalue weighted by molar-refractivity contribution is 5.33. The van der Waals surface area contributed by atoms with Crippen LogP contribution in [-0.4, -0.2) is 11.7 Å². The van der Waals surface area contributed by atoms with Gasteiger partial charge in [-0.15, -0.1) is 0 Å². The van der Waals surface area contributed by atoms with Gasteiger partial charge in [0.2, 0.25) is 0 Å². The third kappa shape index (κ3) is 2.60. The number of aryl methyl sites for hydroxylation is 1. The molecule has 1 nitrogen and oxygen atoms in total. The van der Waals surface area contributed by atoms with Crippen LogP contribution < -0.4 is 0 Å². The topological polar surface area (TPSA) is 20.2 Å². The van der Waals surface area contributed by atoms with E-state index in [0.29, 0.717) is 0 Å². The number of benzene rings is 1. The van der Waals surface area contributed by atoms with Crippen molar-refractivity contribution < 1.29 is 5.11 Å². The Morgan fingerprint density at radius 3 is 2.40 bits per heavy atom. The maximum Gasteiger partial charge on any atom is 0.0439 e. The van der Waals surface area contributed by atoms with E-state index < -0.39 is 0 Å². The van der Waals surface area contributed by atoms with E-state index in [9.17, 15) is 0 Å². The third-order valence-corrected chi connectivity index (χ3v) is 3.49. The summed E-state index contributed by atoms with van der Waals surface area (Å²) in [4.78, 5) is 0. The lowest BCUT2D eigenvalue weighted by Gasteiger charge is -2.30. The minimum absolute atomic E-state index is 0.126. The first kappa shape index (κ1) is 12.3. The molecule has 0 fully saturated rings. The Morgan fingerprint density at radius 1 is 1.20 bits per heavy atom. The summed E-state index contributed by atoms with van der Waals surface area (Å²) in [5.41, 5.74) is 2.95. The molecule has 1 aromatic carbocycles. The van der Waals surface area contributed by atoms with Gasteiger partial charge in [-0.1, -0.05) is 45.0 Å². The predicted molar refractivity (Wildman–Crippen MR) is 65.2 cm³/mol. The second-order valence-electron chi connectivity index (χ2n) is 4.40. The molecule has 0 saturated carbocycles. The second-order valence-corrected chi connectivity index (χ2v) is 4.40. The number of rotatable bonds is 5. The summed E-state index contributed by atoms with van der Waals surface area (Å²) < 4.78 is 0. The number of aliphatic hydroxyl groups excluding tert-OH is 1. The molecule has 0 radical (unpaired) electrons. The van der Waals surface area contributed by atoms with Crippen LogP contribution in [0.25, 0.3) is 0 Å². The molecule has 1 aromatic rings. The van der Waals surface area contributed by atoms with Crippen molar-refractivity contribution in [2.45, 2.75) is 45.4 Å². The van der Waals surface area contributed by atoms with Gasteiger partial charge in [-0.2, -0.15) is 0 Å². The number of hydrogen-bond donors (Lipinski definition) is 1. The summed E-state index contributed by atoms with van der Waals surface area (Å²) in [5.74, 6) is 0. The van der Waals surface area contributed by atoms with Crippen molar-refractivity contribution in [3.8, 4) is 0 Å². The van der Waals surface area contributed by atoms with E-state index in [1.807, 2.05) is 0 Å². The van der Waals surface area contributed by atoms with E-state index in [2.05, 4.69) is 45.0 Å². The molecule has 15 heavy (non-hydrogen) atoms. The maximum atomic E-state index is 9.16. The largest absolute Gasteiger partial charge is 0.396 e. The lowest BCUT2D eigenvalue weighted by molar-refractivity contribution is 0.240. The molecule has 0 spiro atoms. The van der Waals surface area contributed by atoms with Crippen LogP contribution in [0, 0.1) is 0 Å². The summed E-state index contributed by atoms with van der Waals surface area (Å²) in [7, 11) is 0. The van der Waals surface area contributed by atoms with Gasteiger partial charge in [-0.05, 0) is 35.8 Å². The lowest BCUT2D eigenvalue weighted by atomic mass is 9.75. The summed E-state index contributed by atoms with van der Waals surface area (Å²) in [6.07, 6.45) is 2.99. The van der Waals surface area contributed by atoms with Crippen LogP contribution in [0.2, 0.25) is 0 Å². The van der Waals surface area contributed by atoms with E-state index in [4.69, 9.17) is 5.11 Å². The number of aliphatic hydroxyl groups is 1. The van der Waals surface area contributed by atoms with Crippen LogP contribution in [0.5, 0.6) is 0 Å². The van der Waals surface area contributed by atoms with Gasteiger partial charge in [0, 0.05) is 6.61 Å². The average molecular weight is 206 g/mol. The first-order valence-electron chi connectivity index (χ1n) is 5.87. The molecule has 0 aliphatic carbocycles. The molecular weight excluding hydrogens is 184 g/mol. The molecule has 0 heterocycles. The zero-order valence-corrected chi connectivity index (χ0v) is 10.1. The molecule has 1 atom stereocenters. The van der Waals surface area contributed by atoms with Gasteiger partial charge in [-0.3, -0.25) is 0 Å². The zero-order valence-electron chi connectivity index (χ0n) is 10.1. The summed E-state index contributed by atoms with van der Waals surface area (Å²) >= 11 is 0. The molecule has 1 rings (SSSR count). The fourth-order valence-corrected chi connectivity index (χ4v) is 2.17. The Morgan fingerprint density at radius 2 is 1.87 bits per heavy atom. The Bertz CT molecular complexity index is 306. The van der Waals surface area contributed by atoms with E-state index in [1.54, 1.807) is 0 Å². The lowest BCUT2D eigenvalue weighted by Crippen LogP contribution is -2.24. The van der Waals surface area contributed by atoms with Crippen molar-refractivity contribution in [3.63, 3.8) is 0 Å². The first-order valence-corrected chi connectivity index (χ1v) is 5.87. The van der Waals surface area contributed by atoms with Gasteiger partial charge < -0.3 is 5.11 Å². The van der Waals surface area contributed by atoms with Crippen LogP contribution in [0.3, 0.4) is 0 Å². The van der Waals surface area contributed by atoms with Crippen molar-refractivity contribution in [1.82, 2.24) is 0 Å². The summed E-state index contributed by atoms with van der Waals surface area (Å²) in [5, 5.41) is 9.16. The van der Waals surface area contributed by atoms with Crippen molar-refractivity contribution >= 4 is 0 Å². The fourth-order valence-electron chi connectivity index (χ4n) is 2.17. The van der Waals surface area contributed by atoms with Gasteiger partial charge in [-0.25, -0.2) is 0 Å². The molecule has 0 aliphatic heterocycles. The normalized spacial score (nSPS) is 14.9. The van der Waals surface area contributed by atoms with Crippen molar-refractivity contribution in [2.24, 2.45) is 0 Å². The van der Waals surface area contributed by atoms with Crippen LogP contribution in [0.15, 0.2) is 24.3 Å².